The average molecular weight is 437 g/mol. The molecule has 2 amide bonds. The van der Waals surface area contributed by atoms with Crippen molar-refractivity contribution >= 4 is 23.4 Å². The van der Waals surface area contributed by atoms with E-state index in [-0.39, 0.29) is 29.7 Å². The minimum atomic E-state index is -3.02. The molecule has 0 aliphatic carbocycles. The third-order valence-corrected chi connectivity index (χ3v) is 5.31. The summed E-state index contributed by atoms with van der Waals surface area (Å²) in [5.74, 6) is -0.995. The minimum Gasteiger partial charge on any atom is -0.434 e. The van der Waals surface area contributed by atoms with Crippen LogP contribution in [0.5, 0.6) is 5.75 Å². The molecule has 1 saturated heterocycles. The second-order valence-electron chi connectivity index (χ2n) is 7.29. The van der Waals surface area contributed by atoms with E-state index < -0.39 is 12.5 Å². The van der Waals surface area contributed by atoms with Gasteiger partial charge in [0.2, 0.25) is 5.91 Å². The summed E-state index contributed by atoms with van der Waals surface area (Å²) >= 11 is 6.01. The Morgan fingerprint density at radius 1 is 1.23 bits per heavy atom. The van der Waals surface area contributed by atoms with Gasteiger partial charge in [-0.25, -0.2) is 0 Å². The molecule has 2 aromatic rings. The van der Waals surface area contributed by atoms with Crippen LogP contribution in [0.1, 0.15) is 28.8 Å². The maximum absolute atomic E-state index is 12.9. The first kappa shape index (κ1) is 22.0. The number of likely N-dealkylation sites (tertiary alicyclic amines) is 1. The summed E-state index contributed by atoms with van der Waals surface area (Å²) in [5, 5.41) is 0.604. The van der Waals surface area contributed by atoms with Crippen LogP contribution >= 0.6 is 11.6 Å². The Hall–Kier alpha value is -2.67. The van der Waals surface area contributed by atoms with Crippen LogP contribution in [0.25, 0.3) is 0 Å². The highest BCUT2D eigenvalue weighted by atomic mass is 35.5. The van der Waals surface area contributed by atoms with Crippen molar-refractivity contribution in [2.75, 3.05) is 20.1 Å². The average Bonchev–Trinajstić information content (AvgIpc) is 2.73. The van der Waals surface area contributed by atoms with Crippen molar-refractivity contribution in [2.45, 2.75) is 26.0 Å². The number of amides is 2. The zero-order chi connectivity index (χ0) is 21.7. The quantitative estimate of drug-likeness (QED) is 0.672. The standard InChI is InChI=1S/C22H23ClF2N2O3/c1-26(13-15-6-4-8-17(23)12-15)20(28)16-7-5-11-27(14-16)21(29)18-9-2-3-10-19(18)30-22(24)25/h2-4,6,8-10,12,16,22H,5,7,11,13-14H2,1H3. The zero-order valence-electron chi connectivity index (χ0n) is 16.6. The maximum atomic E-state index is 12.9. The van der Waals surface area contributed by atoms with Gasteiger partial charge >= 0.3 is 6.61 Å². The Morgan fingerprint density at radius 3 is 2.73 bits per heavy atom. The monoisotopic (exact) mass is 436 g/mol. The van der Waals surface area contributed by atoms with Crippen molar-refractivity contribution in [3.05, 3.63) is 64.7 Å². The van der Waals surface area contributed by atoms with Crippen LogP contribution in [-0.4, -0.2) is 48.4 Å². The number of para-hydroxylation sites is 1. The third-order valence-electron chi connectivity index (χ3n) is 5.08. The van der Waals surface area contributed by atoms with Crippen LogP contribution < -0.4 is 4.74 Å². The predicted molar refractivity (Wildman–Crippen MR) is 110 cm³/mol. The molecule has 0 spiro atoms. The summed E-state index contributed by atoms with van der Waals surface area (Å²) < 4.78 is 29.8. The number of halogens is 3. The van der Waals surface area contributed by atoms with Gasteiger partial charge in [0, 0.05) is 31.7 Å². The third kappa shape index (κ3) is 5.48. The number of hydrogen-bond donors (Lipinski definition) is 0. The molecule has 8 heteroatoms. The second kappa shape index (κ2) is 9.89. The summed E-state index contributed by atoms with van der Waals surface area (Å²) in [6.07, 6.45) is 1.32. The normalized spacial score (nSPS) is 16.4. The first-order valence-electron chi connectivity index (χ1n) is 9.67. The number of carbonyl (C=O) groups is 2. The molecule has 160 valence electrons. The summed E-state index contributed by atoms with van der Waals surface area (Å²) in [5.41, 5.74) is 0.985. The topological polar surface area (TPSA) is 49.9 Å². The Morgan fingerprint density at radius 2 is 2.00 bits per heavy atom. The zero-order valence-corrected chi connectivity index (χ0v) is 17.3. The van der Waals surface area contributed by atoms with Gasteiger partial charge in [-0.3, -0.25) is 9.59 Å². The molecule has 1 heterocycles. The van der Waals surface area contributed by atoms with Gasteiger partial charge in [0.15, 0.2) is 0 Å². The Labute approximate surface area is 179 Å². The van der Waals surface area contributed by atoms with Gasteiger partial charge in [-0.15, -0.1) is 0 Å². The number of carbonyl (C=O) groups excluding carboxylic acids is 2. The smallest absolute Gasteiger partial charge is 0.387 e. The van der Waals surface area contributed by atoms with E-state index in [1.807, 2.05) is 18.2 Å². The lowest BCUT2D eigenvalue weighted by molar-refractivity contribution is -0.136. The maximum Gasteiger partial charge on any atom is 0.387 e. The van der Waals surface area contributed by atoms with Crippen molar-refractivity contribution in [3.63, 3.8) is 0 Å². The van der Waals surface area contributed by atoms with Crippen molar-refractivity contribution < 1.29 is 23.1 Å². The Balaban J connectivity index is 1.67. The first-order chi connectivity index (χ1) is 14.3. The number of alkyl halides is 2. The molecule has 1 atom stereocenters. The fraction of sp³-hybridized carbons (Fsp3) is 0.364. The van der Waals surface area contributed by atoms with Crippen molar-refractivity contribution in [2.24, 2.45) is 5.92 Å². The van der Waals surface area contributed by atoms with Crippen LogP contribution in [0.4, 0.5) is 8.78 Å². The van der Waals surface area contributed by atoms with Gasteiger partial charge in [-0.2, -0.15) is 8.78 Å². The molecule has 3 rings (SSSR count). The molecule has 30 heavy (non-hydrogen) atoms. The summed E-state index contributed by atoms with van der Waals surface area (Å²) in [6, 6.07) is 13.2. The van der Waals surface area contributed by atoms with Crippen molar-refractivity contribution in [1.29, 1.82) is 0 Å². The minimum absolute atomic E-state index is 0.0652. The molecule has 0 aromatic heterocycles. The van der Waals surface area contributed by atoms with Gasteiger partial charge < -0.3 is 14.5 Å². The van der Waals surface area contributed by atoms with E-state index in [1.165, 1.54) is 23.1 Å². The van der Waals surface area contributed by atoms with E-state index in [9.17, 15) is 18.4 Å². The highest BCUT2D eigenvalue weighted by Gasteiger charge is 2.31. The Bertz CT molecular complexity index is 909. The number of nitrogens with zero attached hydrogens (tertiary/aromatic N) is 2. The molecule has 1 aliphatic heterocycles. The lowest BCUT2D eigenvalue weighted by Gasteiger charge is -2.34. The highest BCUT2D eigenvalue weighted by Crippen LogP contribution is 2.26. The molecule has 0 saturated carbocycles. The molecule has 1 fully saturated rings. The lowest BCUT2D eigenvalue weighted by Crippen LogP contribution is -2.45. The summed E-state index contributed by atoms with van der Waals surface area (Å²) in [6.45, 7) is -1.91. The van der Waals surface area contributed by atoms with Crippen LogP contribution in [0.15, 0.2) is 48.5 Å². The molecule has 5 nitrogen and oxygen atoms in total. The number of benzene rings is 2. The van der Waals surface area contributed by atoms with E-state index in [0.717, 1.165) is 5.56 Å². The van der Waals surface area contributed by atoms with Crippen LogP contribution in [-0.2, 0) is 11.3 Å². The number of ether oxygens (including phenoxy) is 1. The van der Waals surface area contributed by atoms with E-state index >= 15 is 0 Å². The molecule has 1 unspecified atom stereocenters. The van der Waals surface area contributed by atoms with Gasteiger partial charge in [-0.1, -0.05) is 35.9 Å². The number of piperidine rings is 1. The van der Waals surface area contributed by atoms with Crippen LogP contribution in [0, 0.1) is 5.92 Å². The highest BCUT2D eigenvalue weighted by molar-refractivity contribution is 6.30. The van der Waals surface area contributed by atoms with Gasteiger partial charge in [0.25, 0.3) is 5.91 Å². The molecular weight excluding hydrogens is 414 g/mol. The fourth-order valence-corrected chi connectivity index (χ4v) is 3.89. The van der Waals surface area contributed by atoms with Gasteiger partial charge in [-0.05, 0) is 42.7 Å². The van der Waals surface area contributed by atoms with Gasteiger partial charge in [0.1, 0.15) is 5.75 Å². The molecule has 0 bridgehead atoms. The van der Waals surface area contributed by atoms with Gasteiger partial charge in [0.05, 0.1) is 11.5 Å². The lowest BCUT2D eigenvalue weighted by atomic mass is 9.95. The van der Waals surface area contributed by atoms with Crippen LogP contribution in [0.3, 0.4) is 0 Å². The second-order valence-corrected chi connectivity index (χ2v) is 7.73. The molecule has 0 N–H and O–H groups in total. The molecule has 2 aromatic carbocycles. The SMILES string of the molecule is CN(Cc1cccc(Cl)c1)C(=O)C1CCCN(C(=O)c2ccccc2OC(F)F)C1. The fourth-order valence-electron chi connectivity index (χ4n) is 3.67. The number of rotatable bonds is 6. The van der Waals surface area contributed by atoms with E-state index in [1.54, 1.807) is 24.1 Å². The molecule has 1 aliphatic rings. The molecular formula is C22H23ClF2N2O3. The summed E-state index contributed by atoms with van der Waals surface area (Å²) in [4.78, 5) is 29.0. The van der Waals surface area contributed by atoms with Crippen LogP contribution in [0.2, 0.25) is 5.02 Å². The van der Waals surface area contributed by atoms with E-state index in [2.05, 4.69) is 4.74 Å². The van der Waals surface area contributed by atoms with Crippen molar-refractivity contribution in [3.8, 4) is 5.75 Å². The Kier molecular flexibility index (Phi) is 7.26. The van der Waals surface area contributed by atoms with Crippen molar-refractivity contribution in [1.82, 2.24) is 9.80 Å². The first-order valence-corrected chi connectivity index (χ1v) is 10.1. The number of hydrogen-bond acceptors (Lipinski definition) is 3. The van der Waals surface area contributed by atoms with E-state index in [4.69, 9.17) is 11.6 Å². The van der Waals surface area contributed by atoms with E-state index in [0.29, 0.717) is 31.0 Å². The molecule has 0 radical (unpaired) electrons. The largest absolute Gasteiger partial charge is 0.434 e. The predicted octanol–water partition coefficient (Wildman–Crippen LogP) is 4.45. The summed E-state index contributed by atoms with van der Waals surface area (Å²) in [7, 11) is 1.72.